The fourth-order valence-electron chi connectivity index (χ4n) is 6.65. The molecular weight excluding hydrogens is 560 g/mol. The number of ether oxygens (including phenoxy) is 3. The van der Waals surface area contributed by atoms with Crippen LogP contribution in [0.3, 0.4) is 0 Å². The number of pyridine rings is 1. The van der Waals surface area contributed by atoms with Gasteiger partial charge in [0.05, 0.1) is 49.7 Å². The molecule has 2 aromatic heterocycles. The Hall–Kier alpha value is -4.48. The summed E-state index contributed by atoms with van der Waals surface area (Å²) in [6.07, 6.45) is 2.89. The molecule has 44 heavy (non-hydrogen) atoms. The van der Waals surface area contributed by atoms with Crippen LogP contribution in [0.15, 0.2) is 54.7 Å². The molecule has 0 bridgehead atoms. The number of anilines is 1. The number of carbonyl (C=O) groups is 2. The third-order valence-electron chi connectivity index (χ3n) is 9.00. The first kappa shape index (κ1) is 28.3. The zero-order chi connectivity index (χ0) is 30.2. The van der Waals surface area contributed by atoms with Crippen molar-refractivity contribution in [2.45, 2.75) is 24.8 Å². The number of H-pyrrole nitrogens is 1. The van der Waals surface area contributed by atoms with E-state index >= 15 is 0 Å². The molecule has 228 valence electrons. The molecule has 0 spiro atoms. The average molecular weight is 597 g/mol. The molecule has 2 fully saturated rings. The zero-order valence-electron chi connectivity index (χ0n) is 24.9. The van der Waals surface area contributed by atoms with E-state index in [4.69, 9.17) is 24.2 Å². The van der Waals surface area contributed by atoms with Crippen molar-refractivity contribution in [2.75, 3.05) is 58.9 Å². The Labute approximate surface area is 255 Å². The number of aromatic amines is 1. The molecule has 0 radical (unpaired) electrons. The van der Waals surface area contributed by atoms with Gasteiger partial charge in [0.2, 0.25) is 17.7 Å². The fourth-order valence-corrected chi connectivity index (χ4v) is 6.65. The van der Waals surface area contributed by atoms with Gasteiger partial charge in [0.15, 0.2) is 0 Å². The van der Waals surface area contributed by atoms with Crippen molar-refractivity contribution < 1.29 is 23.8 Å². The number of amides is 2. The van der Waals surface area contributed by atoms with Crippen molar-refractivity contribution in [3.63, 3.8) is 0 Å². The minimum atomic E-state index is -0.581. The second-order valence-electron chi connectivity index (χ2n) is 11.7. The van der Waals surface area contributed by atoms with E-state index in [1.807, 2.05) is 53.4 Å². The van der Waals surface area contributed by atoms with E-state index in [1.165, 1.54) is 0 Å². The van der Waals surface area contributed by atoms with Crippen LogP contribution in [-0.2, 0) is 14.3 Å². The lowest BCUT2D eigenvalue weighted by molar-refractivity contribution is -0.138. The Morgan fingerprint density at radius 3 is 2.82 bits per heavy atom. The molecule has 2 saturated heterocycles. The average Bonchev–Trinajstić information content (AvgIpc) is 3.81. The van der Waals surface area contributed by atoms with E-state index in [0.29, 0.717) is 36.5 Å². The molecule has 2 aromatic carbocycles. The fraction of sp³-hybridized carbons (Fsp3) is 0.394. The third-order valence-corrected chi connectivity index (χ3v) is 9.00. The van der Waals surface area contributed by atoms with Crippen LogP contribution in [0, 0.1) is 5.92 Å². The second-order valence-corrected chi connectivity index (χ2v) is 11.7. The van der Waals surface area contributed by atoms with Gasteiger partial charge in [-0.15, -0.1) is 0 Å². The highest BCUT2D eigenvalue weighted by Crippen LogP contribution is 2.39. The summed E-state index contributed by atoms with van der Waals surface area (Å²) in [7, 11) is 3.20. The lowest BCUT2D eigenvalue weighted by atomic mass is 9.95. The summed E-state index contributed by atoms with van der Waals surface area (Å²) in [4.78, 5) is 44.3. The molecule has 0 saturated carbocycles. The van der Waals surface area contributed by atoms with Crippen molar-refractivity contribution in [2.24, 2.45) is 5.92 Å². The maximum atomic E-state index is 14.0. The van der Waals surface area contributed by atoms with Crippen LogP contribution in [0.5, 0.6) is 11.6 Å². The minimum absolute atomic E-state index is 0.0644. The first-order chi connectivity index (χ1) is 21.5. The molecule has 0 aliphatic carbocycles. The Kier molecular flexibility index (Phi) is 7.65. The summed E-state index contributed by atoms with van der Waals surface area (Å²) >= 11 is 0. The quantitative estimate of drug-likeness (QED) is 0.313. The lowest BCUT2D eigenvalue weighted by Crippen LogP contribution is -2.52. The molecular formula is C33H36N6O5. The molecule has 5 heterocycles. The summed E-state index contributed by atoms with van der Waals surface area (Å²) in [6, 6.07) is 15.1. The largest absolute Gasteiger partial charge is 0.497 e. The Morgan fingerprint density at radius 1 is 1.11 bits per heavy atom. The number of nitrogens with zero attached hydrogens (tertiary/aromatic N) is 4. The highest BCUT2D eigenvalue weighted by atomic mass is 16.5. The number of benzene rings is 2. The number of fused-ring (bicyclic) bond motifs is 2. The van der Waals surface area contributed by atoms with Gasteiger partial charge < -0.3 is 29.4 Å². The molecule has 7 rings (SSSR count). The van der Waals surface area contributed by atoms with Crippen molar-refractivity contribution >= 4 is 28.4 Å². The molecule has 3 aliphatic rings. The summed E-state index contributed by atoms with van der Waals surface area (Å²) < 4.78 is 16.7. The van der Waals surface area contributed by atoms with Crippen LogP contribution in [0.1, 0.15) is 36.2 Å². The van der Waals surface area contributed by atoms with E-state index in [9.17, 15) is 9.59 Å². The van der Waals surface area contributed by atoms with Crippen LogP contribution >= 0.6 is 0 Å². The maximum Gasteiger partial charge on any atom is 0.232 e. The lowest BCUT2D eigenvalue weighted by Gasteiger charge is -2.41. The Bertz CT molecular complexity index is 1700. The van der Waals surface area contributed by atoms with E-state index in [0.717, 1.165) is 66.1 Å². The van der Waals surface area contributed by atoms with Gasteiger partial charge in [-0.2, -0.15) is 0 Å². The standard InChI is InChI=1S/C33H36N6O5/c1-42-22-7-8-27-23(14-22)24(32(41)36-27)15-30(40)39-11-10-38(17-20-9-12-44-19-20)18-29(39)31-34-16-28(35-31)25-13-21-5-3-4-6-26(21)37-33(25)43-2/h3-8,13-14,16,20,24,29H,9-12,15,17-19H2,1-2H3,(H,34,35)(H,36,41). The van der Waals surface area contributed by atoms with Gasteiger partial charge in [-0.05, 0) is 48.2 Å². The SMILES string of the molecule is COc1ccc2c(c1)C(CC(=O)N1CCN(CC3CCOC3)CC1c1ncc(-c3cc4ccccc4nc3OC)[nH]1)C(=O)N2. The maximum absolute atomic E-state index is 14.0. The number of piperazine rings is 1. The molecule has 3 aliphatic heterocycles. The number of aromatic nitrogens is 3. The van der Waals surface area contributed by atoms with Crippen LogP contribution in [0.4, 0.5) is 5.69 Å². The number of hydrogen-bond donors (Lipinski definition) is 2. The van der Waals surface area contributed by atoms with E-state index in [-0.39, 0.29) is 24.3 Å². The highest BCUT2D eigenvalue weighted by molar-refractivity contribution is 6.05. The number of imidazole rings is 1. The Morgan fingerprint density at radius 2 is 2.00 bits per heavy atom. The topological polar surface area (TPSA) is 122 Å². The first-order valence-corrected chi connectivity index (χ1v) is 15.1. The van der Waals surface area contributed by atoms with Crippen molar-refractivity contribution in [3.05, 3.63) is 66.1 Å². The number of hydrogen-bond acceptors (Lipinski definition) is 8. The number of nitrogens with one attached hydrogen (secondary N) is 2. The molecule has 2 N–H and O–H groups in total. The summed E-state index contributed by atoms with van der Waals surface area (Å²) in [5.41, 5.74) is 3.92. The van der Waals surface area contributed by atoms with E-state index < -0.39 is 5.92 Å². The number of carbonyl (C=O) groups excluding carboxylic acids is 2. The summed E-state index contributed by atoms with van der Waals surface area (Å²) in [6.45, 7) is 4.38. The molecule has 11 nitrogen and oxygen atoms in total. The summed E-state index contributed by atoms with van der Waals surface area (Å²) in [5, 5.41) is 3.91. The van der Waals surface area contributed by atoms with Gasteiger partial charge in [0.25, 0.3) is 0 Å². The second kappa shape index (κ2) is 11.9. The van der Waals surface area contributed by atoms with Crippen molar-refractivity contribution in [3.8, 4) is 22.9 Å². The van der Waals surface area contributed by atoms with Gasteiger partial charge in [-0.1, -0.05) is 18.2 Å². The molecule has 3 atom stereocenters. The smallest absolute Gasteiger partial charge is 0.232 e. The van der Waals surface area contributed by atoms with Crippen molar-refractivity contribution in [1.82, 2.24) is 24.8 Å². The highest BCUT2D eigenvalue weighted by Gasteiger charge is 2.39. The van der Waals surface area contributed by atoms with Crippen LogP contribution in [-0.4, -0.2) is 90.2 Å². The van der Waals surface area contributed by atoms with Gasteiger partial charge in [0.1, 0.15) is 17.6 Å². The van der Waals surface area contributed by atoms with Crippen LogP contribution < -0.4 is 14.8 Å². The minimum Gasteiger partial charge on any atom is -0.497 e. The monoisotopic (exact) mass is 596 g/mol. The van der Waals surface area contributed by atoms with E-state index in [2.05, 4.69) is 15.2 Å². The van der Waals surface area contributed by atoms with Crippen LogP contribution in [0.2, 0.25) is 0 Å². The van der Waals surface area contributed by atoms with Crippen molar-refractivity contribution in [1.29, 1.82) is 0 Å². The third kappa shape index (κ3) is 5.37. The molecule has 4 aromatic rings. The number of methoxy groups -OCH3 is 2. The summed E-state index contributed by atoms with van der Waals surface area (Å²) in [5.74, 6) is 1.48. The van der Waals surface area contributed by atoms with Gasteiger partial charge in [-0.3, -0.25) is 14.5 Å². The number of rotatable bonds is 8. The zero-order valence-corrected chi connectivity index (χ0v) is 24.9. The van der Waals surface area contributed by atoms with Gasteiger partial charge in [-0.25, -0.2) is 9.97 Å². The predicted molar refractivity (Wildman–Crippen MR) is 165 cm³/mol. The molecule has 2 amide bonds. The number of para-hydroxylation sites is 1. The van der Waals surface area contributed by atoms with Crippen LogP contribution in [0.25, 0.3) is 22.2 Å². The van der Waals surface area contributed by atoms with Gasteiger partial charge in [0, 0.05) is 50.3 Å². The normalized spacial score (nSPS) is 21.8. The predicted octanol–water partition coefficient (Wildman–Crippen LogP) is 3.99. The molecule has 11 heteroatoms. The Balaban J connectivity index is 1.18. The molecule has 3 unspecified atom stereocenters. The first-order valence-electron chi connectivity index (χ1n) is 15.1. The van der Waals surface area contributed by atoms with Gasteiger partial charge >= 0.3 is 0 Å². The van der Waals surface area contributed by atoms with E-state index in [1.54, 1.807) is 20.4 Å².